The van der Waals surface area contributed by atoms with Gasteiger partial charge in [0.1, 0.15) is 16.7 Å². The molecule has 0 radical (unpaired) electrons. The third kappa shape index (κ3) is 3.50. The Morgan fingerprint density at radius 2 is 1.64 bits per heavy atom. The number of aromatic nitrogens is 5. The molecule has 6 nitrogen and oxygen atoms in total. The third-order valence-electron chi connectivity index (χ3n) is 6.44. The van der Waals surface area contributed by atoms with Gasteiger partial charge in [-0.25, -0.2) is 15.0 Å². The van der Waals surface area contributed by atoms with Crippen LogP contribution < -0.4 is 5.56 Å². The average Bonchev–Trinajstić information content (AvgIpc) is 3.11. The molecule has 0 atom stereocenters. The number of hydrogen-bond acceptors (Lipinski definition) is 4. The van der Waals surface area contributed by atoms with Crippen LogP contribution in [0.15, 0.2) is 47.3 Å². The Labute approximate surface area is 192 Å². The number of nitrogens with zero attached hydrogens (tertiary/aromatic N) is 5. The molecule has 0 aliphatic carbocycles. The van der Waals surface area contributed by atoms with Gasteiger partial charge in [0.2, 0.25) is 0 Å². The second kappa shape index (κ2) is 8.10. The molecule has 33 heavy (non-hydrogen) atoms. The first-order valence-corrected chi connectivity index (χ1v) is 11.7. The van der Waals surface area contributed by atoms with Crippen LogP contribution in [0.25, 0.3) is 38.9 Å². The van der Waals surface area contributed by atoms with E-state index >= 15 is 0 Å². The normalized spacial score (nSPS) is 11.9. The Bertz CT molecular complexity index is 1580. The van der Waals surface area contributed by atoms with Crippen LogP contribution in [0, 0.1) is 19.8 Å². The fourth-order valence-corrected chi connectivity index (χ4v) is 4.37. The maximum Gasteiger partial charge on any atom is 0.265 e. The average molecular weight is 440 g/mol. The predicted octanol–water partition coefficient (Wildman–Crippen LogP) is 5.51. The number of fused-ring (bicyclic) bond motifs is 4. The number of aryl methyl sites for hydroxylation is 3. The van der Waals surface area contributed by atoms with Crippen molar-refractivity contribution in [3.05, 3.63) is 69.8 Å². The molecule has 0 amide bonds. The van der Waals surface area contributed by atoms with E-state index in [0.717, 1.165) is 29.0 Å². The zero-order valence-corrected chi connectivity index (χ0v) is 19.9. The number of rotatable bonds is 5. The minimum Gasteiger partial charge on any atom is -0.296 e. The van der Waals surface area contributed by atoms with Crippen molar-refractivity contribution in [3.63, 3.8) is 0 Å². The van der Waals surface area contributed by atoms with Gasteiger partial charge in [0.15, 0.2) is 11.3 Å². The summed E-state index contributed by atoms with van der Waals surface area (Å²) in [4.78, 5) is 28.8. The van der Waals surface area contributed by atoms with Gasteiger partial charge < -0.3 is 0 Å². The van der Waals surface area contributed by atoms with Crippen LogP contribution >= 0.6 is 0 Å². The SMILES string of the molecule is CCc1nc2c(c(=O)n1CCC(C)C)c1nc3ccccc3nc1n2-c1ccc(C)c(C)c1. The topological polar surface area (TPSA) is 65.6 Å². The van der Waals surface area contributed by atoms with E-state index < -0.39 is 0 Å². The highest BCUT2D eigenvalue weighted by molar-refractivity contribution is 6.05. The lowest BCUT2D eigenvalue weighted by molar-refractivity contribution is 0.494. The summed E-state index contributed by atoms with van der Waals surface area (Å²) >= 11 is 0. The molecule has 0 saturated carbocycles. The van der Waals surface area contributed by atoms with Gasteiger partial charge >= 0.3 is 0 Å². The maximum atomic E-state index is 13.9. The zero-order valence-electron chi connectivity index (χ0n) is 19.9. The van der Waals surface area contributed by atoms with Crippen molar-refractivity contribution >= 4 is 33.2 Å². The molecule has 2 aromatic carbocycles. The summed E-state index contributed by atoms with van der Waals surface area (Å²) in [6, 6.07) is 14.1. The van der Waals surface area contributed by atoms with Gasteiger partial charge in [-0.3, -0.25) is 13.9 Å². The van der Waals surface area contributed by atoms with Crippen molar-refractivity contribution in [2.24, 2.45) is 5.92 Å². The Morgan fingerprint density at radius 1 is 0.909 bits per heavy atom. The molecule has 5 aromatic rings. The number of para-hydroxylation sites is 2. The van der Waals surface area contributed by atoms with Gasteiger partial charge in [-0.05, 0) is 61.6 Å². The van der Waals surface area contributed by atoms with Crippen LogP contribution in [-0.2, 0) is 13.0 Å². The quantitative estimate of drug-likeness (QED) is 0.362. The van der Waals surface area contributed by atoms with Gasteiger partial charge in [-0.1, -0.05) is 39.0 Å². The van der Waals surface area contributed by atoms with Crippen molar-refractivity contribution in [2.45, 2.75) is 54.0 Å². The lowest BCUT2D eigenvalue weighted by atomic mass is 10.1. The first kappa shape index (κ1) is 21.3. The van der Waals surface area contributed by atoms with E-state index in [1.807, 2.05) is 40.3 Å². The van der Waals surface area contributed by atoms with E-state index in [4.69, 9.17) is 15.0 Å². The molecule has 3 aromatic heterocycles. The van der Waals surface area contributed by atoms with Crippen LogP contribution in [0.5, 0.6) is 0 Å². The lowest BCUT2D eigenvalue weighted by Gasteiger charge is -2.14. The number of hydrogen-bond donors (Lipinski definition) is 0. The molecular formula is C27H29N5O. The summed E-state index contributed by atoms with van der Waals surface area (Å²) in [6.45, 7) is 11.2. The van der Waals surface area contributed by atoms with Crippen LogP contribution in [-0.4, -0.2) is 24.1 Å². The molecule has 5 rings (SSSR count). The van der Waals surface area contributed by atoms with Gasteiger partial charge in [-0.2, -0.15) is 0 Å². The van der Waals surface area contributed by atoms with Crippen molar-refractivity contribution in [3.8, 4) is 5.69 Å². The van der Waals surface area contributed by atoms with Crippen LogP contribution in [0.4, 0.5) is 0 Å². The molecule has 3 heterocycles. The third-order valence-corrected chi connectivity index (χ3v) is 6.44. The highest BCUT2D eigenvalue weighted by atomic mass is 16.1. The summed E-state index contributed by atoms with van der Waals surface area (Å²) in [7, 11) is 0. The minimum atomic E-state index is -0.0327. The predicted molar refractivity (Wildman–Crippen MR) is 134 cm³/mol. The maximum absolute atomic E-state index is 13.9. The fourth-order valence-electron chi connectivity index (χ4n) is 4.37. The van der Waals surface area contributed by atoms with E-state index in [-0.39, 0.29) is 5.56 Å². The van der Waals surface area contributed by atoms with Crippen molar-refractivity contribution in [1.29, 1.82) is 0 Å². The Hall–Kier alpha value is -3.54. The molecule has 0 unspecified atom stereocenters. The van der Waals surface area contributed by atoms with Crippen LogP contribution in [0.3, 0.4) is 0 Å². The lowest BCUT2D eigenvalue weighted by Crippen LogP contribution is -2.26. The molecule has 0 N–H and O–H groups in total. The van der Waals surface area contributed by atoms with Gasteiger partial charge in [-0.15, -0.1) is 0 Å². The van der Waals surface area contributed by atoms with Crippen molar-refractivity contribution in [1.82, 2.24) is 24.1 Å². The molecule has 6 heteroatoms. The van der Waals surface area contributed by atoms with Crippen molar-refractivity contribution < 1.29 is 0 Å². The summed E-state index contributed by atoms with van der Waals surface area (Å²) in [5.74, 6) is 1.29. The minimum absolute atomic E-state index is 0.0327. The van der Waals surface area contributed by atoms with E-state index in [1.165, 1.54) is 11.1 Å². The smallest absolute Gasteiger partial charge is 0.265 e. The standard InChI is InChI=1S/C27H29N5O/c1-6-22-30-25-23(27(33)31(22)14-13-16(2)3)24-26(29-21-10-8-7-9-20(21)28-24)32(25)19-12-11-17(4)18(5)15-19/h7-12,15-16H,6,13-14H2,1-5H3. The Morgan fingerprint density at radius 3 is 2.30 bits per heavy atom. The first-order chi connectivity index (χ1) is 15.9. The highest BCUT2D eigenvalue weighted by Crippen LogP contribution is 2.29. The molecule has 0 bridgehead atoms. The first-order valence-electron chi connectivity index (χ1n) is 11.7. The van der Waals surface area contributed by atoms with E-state index in [9.17, 15) is 4.79 Å². The zero-order chi connectivity index (χ0) is 23.3. The molecule has 0 aliphatic heterocycles. The summed E-state index contributed by atoms with van der Waals surface area (Å²) in [5.41, 5.74) is 6.79. The molecule has 0 spiro atoms. The number of benzene rings is 2. The van der Waals surface area contributed by atoms with E-state index in [0.29, 0.717) is 41.1 Å². The van der Waals surface area contributed by atoms with Gasteiger partial charge in [0.25, 0.3) is 5.56 Å². The largest absolute Gasteiger partial charge is 0.296 e. The molecular weight excluding hydrogens is 410 g/mol. The van der Waals surface area contributed by atoms with E-state index in [1.54, 1.807) is 0 Å². The molecule has 168 valence electrons. The van der Waals surface area contributed by atoms with Gasteiger partial charge in [0.05, 0.1) is 11.0 Å². The summed E-state index contributed by atoms with van der Waals surface area (Å²) < 4.78 is 3.84. The second-order valence-corrected chi connectivity index (χ2v) is 9.21. The molecule has 0 aliphatic rings. The van der Waals surface area contributed by atoms with Crippen LogP contribution in [0.2, 0.25) is 0 Å². The fraction of sp³-hybridized carbons (Fsp3) is 0.333. The monoisotopic (exact) mass is 439 g/mol. The molecule has 0 fully saturated rings. The van der Waals surface area contributed by atoms with Gasteiger partial charge in [0, 0.05) is 18.7 Å². The summed E-state index contributed by atoms with van der Waals surface area (Å²) in [5, 5.41) is 0.544. The van der Waals surface area contributed by atoms with Crippen LogP contribution in [0.1, 0.15) is 44.1 Å². The Kier molecular flexibility index (Phi) is 5.23. The Balaban J connectivity index is 1.94. The van der Waals surface area contributed by atoms with E-state index in [2.05, 4.69) is 45.9 Å². The summed E-state index contributed by atoms with van der Waals surface area (Å²) in [6.07, 6.45) is 1.60. The second-order valence-electron chi connectivity index (χ2n) is 9.21. The van der Waals surface area contributed by atoms with Crippen molar-refractivity contribution in [2.75, 3.05) is 0 Å². The molecule has 0 saturated heterocycles. The highest BCUT2D eigenvalue weighted by Gasteiger charge is 2.23.